The summed E-state index contributed by atoms with van der Waals surface area (Å²) in [7, 11) is 2.09. The number of rotatable bonds is 4. The minimum atomic E-state index is -0.160. The molecule has 0 aromatic carbocycles. The molecule has 2 heterocycles. The van der Waals surface area contributed by atoms with Crippen molar-refractivity contribution in [2.24, 2.45) is 5.92 Å². The summed E-state index contributed by atoms with van der Waals surface area (Å²) in [5.74, 6) is 0.371. The fourth-order valence-corrected chi connectivity index (χ4v) is 2.78. The number of carbonyl (C=O) groups excluding carboxylic acids is 1. The number of likely N-dealkylation sites (N-methyl/N-ethyl adjacent to an activating group) is 1. The minimum Gasteiger partial charge on any atom is -0.368 e. The van der Waals surface area contributed by atoms with Gasteiger partial charge in [0.05, 0.1) is 5.69 Å². The van der Waals surface area contributed by atoms with E-state index in [1.54, 1.807) is 4.57 Å². The van der Waals surface area contributed by atoms with Crippen LogP contribution in [0.15, 0.2) is 10.9 Å². The summed E-state index contributed by atoms with van der Waals surface area (Å²) < 4.78 is 1.72. The Morgan fingerprint density at radius 2 is 1.86 bits per heavy atom. The number of hydrogen-bond donors (Lipinski definition) is 0. The van der Waals surface area contributed by atoms with Crippen LogP contribution in [-0.2, 0) is 6.54 Å². The van der Waals surface area contributed by atoms with Crippen molar-refractivity contribution in [3.63, 3.8) is 0 Å². The van der Waals surface area contributed by atoms with Gasteiger partial charge in [-0.15, -0.1) is 0 Å². The van der Waals surface area contributed by atoms with Crippen LogP contribution in [0.25, 0.3) is 0 Å². The van der Waals surface area contributed by atoms with Crippen molar-refractivity contribution in [3.05, 3.63) is 27.7 Å². The first kappa shape index (κ1) is 15.8. The summed E-state index contributed by atoms with van der Waals surface area (Å²) in [6.07, 6.45) is 0.715. The van der Waals surface area contributed by atoms with E-state index in [4.69, 9.17) is 0 Å². The molecule has 0 amide bonds. The van der Waals surface area contributed by atoms with Gasteiger partial charge in [-0.05, 0) is 26.0 Å². The Hall–Kier alpha value is -1.62. The molecule has 1 saturated heterocycles. The average Bonchev–Trinajstić information content (AvgIpc) is 2.43. The number of piperazine rings is 1. The maximum absolute atomic E-state index is 12.6. The fourth-order valence-electron chi connectivity index (χ4n) is 2.78. The molecule has 0 radical (unpaired) electrons. The molecular formula is C16H25N3O2. The van der Waals surface area contributed by atoms with E-state index < -0.39 is 0 Å². The lowest BCUT2D eigenvalue weighted by molar-refractivity contribution is 0.112. The molecule has 0 bridgehead atoms. The van der Waals surface area contributed by atoms with E-state index in [0.717, 1.165) is 37.6 Å². The number of aromatic nitrogens is 1. The molecule has 5 nitrogen and oxygen atoms in total. The summed E-state index contributed by atoms with van der Waals surface area (Å²) >= 11 is 0. The standard InChI is InChI=1S/C16H25N3O2/c1-12(2)10-19-13(3)9-15(14(11-20)16(19)21)18-7-5-17(4)6-8-18/h9,11-12H,5-8,10H2,1-4H3. The first-order valence-electron chi connectivity index (χ1n) is 7.57. The Morgan fingerprint density at radius 1 is 1.24 bits per heavy atom. The SMILES string of the molecule is Cc1cc(N2CCN(C)CC2)c(C=O)c(=O)n1CC(C)C. The fraction of sp³-hybridized carbons (Fsp3) is 0.625. The highest BCUT2D eigenvalue weighted by Gasteiger charge is 2.21. The number of aldehydes is 1. The number of pyridine rings is 1. The topological polar surface area (TPSA) is 45.6 Å². The predicted molar refractivity (Wildman–Crippen MR) is 85.4 cm³/mol. The zero-order chi connectivity index (χ0) is 15.6. The van der Waals surface area contributed by atoms with Gasteiger partial charge in [0, 0.05) is 38.4 Å². The third-order valence-electron chi connectivity index (χ3n) is 4.03. The molecule has 2 rings (SSSR count). The summed E-state index contributed by atoms with van der Waals surface area (Å²) in [5, 5.41) is 0. The maximum atomic E-state index is 12.6. The molecule has 1 aromatic heterocycles. The zero-order valence-electron chi connectivity index (χ0n) is 13.4. The van der Waals surface area contributed by atoms with Crippen molar-refractivity contribution in [2.45, 2.75) is 27.3 Å². The summed E-state index contributed by atoms with van der Waals surface area (Å²) in [4.78, 5) is 28.4. The van der Waals surface area contributed by atoms with Crippen LogP contribution in [0.5, 0.6) is 0 Å². The van der Waals surface area contributed by atoms with Crippen LogP contribution >= 0.6 is 0 Å². The highest BCUT2D eigenvalue weighted by molar-refractivity contribution is 5.84. The summed E-state index contributed by atoms with van der Waals surface area (Å²) in [6, 6.07) is 1.98. The number of hydrogen-bond acceptors (Lipinski definition) is 4. The third kappa shape index (κ3) is 3.35. The van der Waals surface area contributed by atoms with Gasteiger partial charge >= 0.3 is 0 Å². The van der Waals surface area contributed by atoms with Gasteiger partial charge in [0.2, 0.25) is 0 Å². The lowest BCUT2D eigenvalue weighted by Gasteiger charge is -2.35. The van der Waals surface area contributed by atoms with E-state index in [2.05, 4.69) is 30.7 Å². The van der Waals surface area contributed by atoms with E-state index in [1.807, 2.05) is 13.0 Å². The Labute approximate surface area is 126 Å². The molecule has 116 valence electrons. The van der Waals surface area contributed by atoms with Crippen LogP contribution in [0.2, 0.25) is 0 Å². The zero-order valence-corrected chi connectivity index (χ0v) is 13.4. The smallest absolute Gasteiger partial charge is 0.263 e. The second-order valence-corrected chi connectivity index (χ2v) is 6.30. The molecule has 0 N–H and O–H groups in total. The lowest BCUT2D eigenvalue weighted by atomic mass is 10.1. The first-order chi connectivity index (χ1) is 9.93. The first-order valence-corrected chi connectivity index (χ1v) is 7.57. The number of anilines is 1. The highest BCUT2D eigenvalue weighted by atomic mass is 16.1. The summed E-state index contributed by atoms with van der Waals surface area (Å²) in [6.45, 7) is 10.3. The normalized spacial score (nSPS) is 16.5. The average molecular weight is 291 g/mol. The number of nitrogens with zero attached hydrogens (tertiary/aromatic N) is 3. The van der Waals surface area contributed by atoms with Crippen molar-refractivity contribution < 1.29 is 4.79 Å². The number of carbonyl (C=O) groups is 1. The summed E-state index contributed by atoms with van der Waals surface area (Å²) in [5.41, 5.74) is 1.85. The Morgan fingerprint density at radius 3 is 2.38 bits per heavy atom. The lowest BCUT2D eigenvalue weighted by Crippen LogP contribution is -2.45. The maximum Gasteiger partial charge on any atom is 0.263 e. The van der Waals surface area contributed by atoms with Crippen LogP contribution < -0.4 is 10.5 Å². The van der Waals surface area contributed by atoms with Crippen LogP contribution in [0.4, 0.5) is 5.69 Å². The predicted octanol–water partition coefficient (Wildman–Crippen LogP) is 1.38. The van der Waals surface area contributed by atoms with E-state index in [0.29, 0.717) is 24.3 Å². The van der Waals surface area contributed by atoms with Gasteiger partial charge in [0.25, 0.3) is 5.56 Å². The van der Waals surface area contributed by atoms with Gasteiger partial charge < -0.3 is 14.4 Å². The molecule has 0 spiro atoms. The van der Waals surface area contributed by atoms with Crippen LogP contribution in [0, 0.1) is 12.8 Å². The van der Waals surface area contributed by atoms with Crippen LogP contribution in [-0.4, -0.2) is 49.0 Å². The van der Waals surface area contributed by atoms with Gasteiger partial charge in [0.1, 0.15) is 5.56 Å². The number of aryl methyl sites for hydroxylation is 1. The molecule has 0 unspecified atom stereocenters. The Balaban J connectivity index is 2.43. The quantitative estimate of drug-likeness (QED) is 0.786. The molecular weight excluding hydrogens is 266 g/mol. The van der Waals surface area contributed by atoms with Crippen molar-refractivity contribution in [3.8, 4) is 0 Å². The highest BCUT2D eigenvalue weighted by Crippen LogP contribution is 2.20. The molecule has 21 heavy (non-hydrogen) atoms. The Bertz CT molecular complexity index is 570. The van der Waals surface area contributed by atoms with E-state index in [1.165, 1.54) is 0 Å². The molecule has 1 aliphatic rings. The van der Waals surface area contributed by atoms with Gasteiger partial charge in [-0.2, -0.15) is 0 Å². The monoisotopic (exact) mass is 291 g/mol. The van der Waals surface area contributed by atoms with Crippen molar-refractivity contribution >= 4 is 12.0 Å². The van der Waals surface area contributed by atoms with Crippen molar-refractivity contribution in [1.82, 2.24) is 9.47 Å². The van der Waals surface area contributed by atoms with E-state index >= 15 is 0 Å². The molecule has 0 atom stereocenters. The van der Waals surface area contributed by atoms with E-state index in [-0.39, 0.29) is 5.56 Å². The van der Waals surface area contributed by atoms with Crippen molar-refractivity contribution in [2.75, 3.05) is 38.1 Å². The molecule has 1 fully saturated rings. The van der Waals surface area contributed by atoms with Gasteiger partial charge in [-0.25, -0.2) is 0 Å². The van der Waals surface area contributed by atoms with Gasteiger partial charge in [-0.3, -0.25) is 9.59 Å². The van der Waals surface area contributed by atoms with Crippen LogP contribution in [0.3, 0.4) is 0 Å². The van der Waals surface area contributed by atoms with Crippen LogP contribution in [0.1, 0.15) is 29.9 Å². The molecule has 5 heteroatoms. The van der Waals surface area contributed by atoms with Crippen molar-refractivity contribution in [1.29, 1.82) is 0 Å². The molecule has 0 saturated carbocycles. The second kappa shape index (κ2) is 6.43. The third-order valence-corrected chi connectivity index (χ3v) is 4.03. The molecule has 1 aromatic rings. The second-order valence-electron chi connectivity index (χ2n) is 6.30. The largest absolute Gasteiger partial charge is 0.368 e. The Kier molecular flexibility index (Phi) is 4.83. The molecule has 1 aliphatic heterocycles. The van der Waals surface area contributed by atoms with E-state index in [9.17, 15) is 9.59 Å². The van der Waals surface area contributed by atoms with Gasteiger partial charge in [-0.1, -0.05) is 13.8 Å². The van der Waals surface area contributed by atoms with Gasteiger partial charge in [0.15, 0.2) is 6.29 Å². The molecule has 0 aliphatic carbocycles. The minimum absolute atomic E-state index is 0.160.